The highest BCUT2D eigenvalue weighted by atomic mass is 79.9. The lowest BCUT2D eigenvalue weighted by Crippen LogP contribution is -2.48. The minimum Gasteiger partial charge on any atom is -0.307 e. The monoisotopic (exact) mass is 298 g/mol. The average molecular weight is 299 g/mol. The van der Waals surface area contributed by atoms with E-state index in [9.17, 15) is 9.59 Å². The smallest absolute Gasteiger partial charge is 0.307 e. The van der Waals surface area contributed by atoms with Crippen LogP contribution >= 0.6 is 15.9 Å². The highest BCUT2D eigenvalue weighted by Gasteiger charge is 1.95. The molecular formula is C12H15BrN2O2. The third kappa shape index (κ3) is 3.85. The molecule has 0 unspecified atom stereocenters. The molecule has 0 aromatic carbocycles. The van der Waals surface area contributed by atoms with E-state index in [1.165, 1.54) is 0 Å². The second-order valence-electron chi connectivity index (χ2n) is 3.55. The second kappa shape index (κ2) is 6.39. The number of aromatic amines is 2. The van der Waals surface area contributed by atoms with Crippen molar-refractivity contribution < 1.29 is 0 Å². The molecule has 0 amide bonds. The van der Waals surface area contributed by atoms with Crippen molar-refractivity contribution in [1.29, 1.82) is 0 Å². The summed E-state index contributed by atoms with van der Waals surface area (Å²) in [6.45, 7) is 3.89. The van der Waals surface area contributed by atoms with Crippen LogP contribution < -0.4 is 21.8 Å². The first-order chi connectivity index (χ1) is 8.08. The first-order valence-corrected chi connectivity index (χ1v) is 6.24. The van der Waals surface area contributed by atoms with E-state index in [2.05, 4.69) is 25.9 Å². The number of hydrogen-bond acceptors (Lipinski definition) is 2. The maximum atomic E-state index is 11.7. The van der Waals surface area contributed by atoms with Crippen molar-refractivity contribution in [3.63, 3.8) is 0 Å². The van der Waals surface area contributed by atoms with Crippen LogP contribution in [-0.4, -0.2) is 9.97 Å². The van der Waals surface area contributed by atoms with Crippen LogP contribution in [0.1, 0.15) is 26.7 Å². The van der Waals surface area contributed by atoms with Crippen LogP contribution in [0.15, 0.2) is 20.1 Å². The van der Waals surface area contributed by atoms with Crippen molar-refractivity contribution in [2.24, 2.45) is 0 Å². The Morgan fingerprint density at radius 1 is 1.35 bits per heavy atom. The number of hydrogen-bond donors (Lipinski definition) is 2. The number of aromatic nitrogens is 2. The lowest BCUT2D eigenvalue weighted by Gasteiger charge is -1.92. The number of unbranched alkanes of at least 4 members (excludes halogenated alkanes) is 1. The van der Waals surface area contributed by atoms with Gasteiger partial charge in [0.05, 0.1) is 10.6 Å². The van der Waals surface area contributed by atoms with E-state index in [4.69, 9.17) is 0 Å². The summed E-state index contributed by atoms with van der Waals surface area (Å²) in [6.07, 6.45) is 7.15. The molecule has 17 heavy (non-hydrogen) atoms. The second-order valence-corrected chi connectivity index (χ2v) is 4.46. The molecule has 1 rings (SSSR count). The van der Waals surface area contributed by atoms with Crippen LogP contribution in [0.4, 0.5) is 0 Å². The van der Waals surface area contributed by atoms with Gasteiger partial charge in [-0.3, -0.25) is 9.78 Å². The Hall–Kier alpha value is -1.36. The molecule has 2 N–H and O–H groups in total. The molecule has 1 aromatic rings. The Kier molecular flexibility index (Phi) is 5.15. The summed E-state index contributed by atoms with van der Waals surface area (Å²) < 4.78 is 0.793. The molecule has 0 saturated carbocycles. The zero-order valence-corrected chi connectivity index (χ0v) is 11.4. The molecule has 0 fully saturated rings. The van der Waals surface area contributed by atoms with Gasteiger partial charge in [0, 0.05) is 4.48 Å². The van der Waals surface area contributed by atoms with Gasteiger partial charge in [0.15, 0.2) is 0 Å². The van der Waals surface area contributed by atoms with E-state index < -0.39 is 5.69 Å². The van der Waals surface area contributed by atoms with Crippen molar-refractivity contribution in [2.75, 3.05) is 0 Å². The predicted molar refractivity (Wildman–Crippen MR) is 73.5 cm³/mol. The first-order valence-electron chi connectivity index (χ1n) is 5.44. The fraction of sp³-hybridized carbons (Fsp3) is 0.333. The molecule has 1 heterocycles. The Bertz CT molecular complexity index is 638. The summed E-state index contributed by atoms with van der Waals surface area (Å²) in [4.78, 5) is 27.8. The molecule has 0 atom stereocenters. The fourth-order valence-corrected chi connectivity index (χ4v) is 1.56. The van der Waals surface area contributed by atoms with Crippen molar-refractivity contribution >= 4 is 28.1 Å². The van der Waals surface area contributed by atoms with Crippen molar-refractivity contribution in [2.45, 2.75) is 26.7 Å². The maximum Gasteiger partial charge on any atom is 0.326 e. The van der Waals surface area contributed by atoms with Gasteiger partial charge in [-0.15, -0.1) is 0 Å². The van der Waals surface area contributed by atoms with Gasteiger partial charge in [0.25, 0.3) is 5.56 Å². The molecular weight excluding hydrogens is 284 g/mol. The summed E-state index contributed by atoms with van der Waals surface area (Å²) in [6, 6.07) is 0. The number of rotatable bonds is 3. The lowest BCUT2D eigenvalue weighted by atomic mass is 10.2. The molecule has 1 aromatic heterocycles. The highest BCUT2D eigenvalue weighted by Crippen LogP contribution is 2.03. The van der Waals surface area contributed by atoms with E-state index in [-0.39, 0.29) is 5.56 Å². The lowest BCUT2D eigenvalue weighted by molar-refractivity contribution is 0.953. The SMILES string of the molecule is C\C=C(Br)/C=c1/c(=O)[nH]c(=O)[nH]/c1=C\CCC. The fourth-order valence-electron chi connectivity index (χ4n) is 1.33. The number of H-pyrrole nitrogens is 2. The van der Waals surface area contributed by atoms with Crippen LogP contribution in [0.5, 0.6) is 0 Å². The molecule has 0 spiro atoms. The van der Waals surface area contributed by atoms with E-state index in [0.717, 1.165) is 17.3 Å². The molecule has 4 nitrogen and oxygen atoms in total. The Morgan fingerprint density at radius 3 is 2.65 bits per heavy atom. The van der Waals surface area contributed by atoms with Gasteiger partial charge in [-0.1, -0.05) is 41.4 Å². The van der Waals surface area contributed by atoms with Crippen LogP contribution in [-0.2, 0) is 0 Å². The summed E-state index contributed by atoms with van der Waals surface area (Å²) in [5.74, 6) is 0. The number of halogens is 1. The van der Waals surface area contributed by atoms with Gasteiger partial charge in [-0.25, -0.2) is 4.79 Å². The Morgan fingerprint density at radius 2 is 2.06 bits per heavy atom. The number of allylic oxidation sites excluding steroid dienone is 2. The maximum absolute atomic E-state index is 11.7. The van der Waals surface area contributed by atoms with Gasteiger partial charge < -0.3 is 4.98 Å². The molecule has 0 aliphatic heterocycles. The normalized spacial score (nSPS) is 14.4. The van der Waals surface area contributed by atoms with E-state index in [1.54, 1.807) is 6.08 Å². The van der Waals surface area contributed by atoms with Gasteiger partial charge in [-0.2, -0.15) is 0 Å². The topological polar surface area (TPSA) is 65.7 Å². The largest absolute Gasteiger partial charge is 0.326 e. The average Bonchev–Trinajstić information content (AvgIpc) is 2.29. The minimum absolute atomic E-state index is 0.380. The molecule has 0 radical (unpaired) electrons. The summed E-state index contributed by atoms with van der Waals surface area (Å²) >= 11 is 3.32. The van der Waals surface area contributed by atoms with Crippen molar-refractivity contribution in [3.8, 4) is 0 Å². The van der Waals surface area contributed by atoms with Gasteiger partial charge >= 0.3 is 5.69 Å². The van der Waals surface area contributed by atoms with Crippen LogP contribution in [0, 0.1) is 0 Å². The summed E-state index contributed by atoms with van der Waals surface area (Å²) in [5, 5.41) is 1.03. The first kappa shape index (κ1) is 13.7. The third-order valence-corrected chi connectivity index (χ3v) is 2.89. The summed E-state index contributed by atoms with van der Waals surface area (Å²) in [7, 11) is 0. The number of nitrogens with one attached hydrogen (secondary N) is 2. The third-order valence-electron chi connectivity index (χ3n) is 2.21. The van der Waals surface area contributed by atoms with E-state index >= 15 is 0 Å². The minimum atomic E-state index is -0.480. The standard InChI is InChI=1S/C12H15BrN2O2/c1-3-5-6-10-9(7-8(13)4-2)11(16)15-12(17)14-10/h4,6-7H,3,5H2,1-2H3,(H2,14,15,16,17)/b8-4+,9-7+,10-6-. The van der Waals surface area contributed by atoms with E-state index in [1.807, 2.05) is 26.0 Å². The Labute approximate surface area is 107 Å². The summed E-state index contributed by atoms with van der Waals surface area (Å²) in [5.41, 5.74) is -0.860. The van der Waals surface area contributed by atoms with Gasteiger partial charge in [0.2, 0.25) is 0 Å². The Balaban J connectivity index is 3.64. The predicted octanol–water partition coefficient (Wildman–Crippen LogP) is 0.723. The van der Waals surface area contributed by atoms with Gasteiger partial charge in [-0.05, 0) is 19.4 Å². The van der Waals surface area contributed by atoms with Crippen LogP contribution in [0.2, 0.25) is 0 Å². The molecule has 5 heteroatoms. The molecule has 0 bridgehead atoms. The molecule has 0 aliphatic carbocycles. The zero-order chi connectivity index (χ0) is 12.8. The molecule has 0 aliphatic rings. The zero-order valence-electron chi connectivity index (χ0n) is 9.84. The van der Waals surface area contributed by atoms with Crippen LogP contribution in [0.25, 0.3) is 12.2 Å². The highest BCUT2D eigenvalue weighted by molar-refractivity contribution is 9.12. The van der Waals surface area contributed by atoms with Gasteiger partial charge in [0.1, 0.15) is 0 Å². The molecule has 92 valence electrons. The quantitative estimate of drug-likeness (QED) is 0.864. The van der Waals surface area contributed by atoms with Crippen molar-refractivity contribution in [1.82, 2.24) is 9.97 Å². The van der Waals surface area contributed by atoms with E-state index in [0.29, 0.717) is 10.6 Å². The molecule has 0 saturated heterocycles. The van der Waals surface area contributed by atoms with Crippen LogP contribution in [0.3, 0.4) is 0 Å². The van der Waals surface area contributed by atoms with Crippen molar-refractivity contribution in [3.05, 3.63) is 42.0 Å².